The average molecular weight is 386 g/mol. The fourth-order valence-corrected chi connectivity index (χ4v) is 4.45. The summed E-state index contributed by atoms with van der Waals surface area (Å²) >= 11 is 0. The first kappa shape index (κ1) is 19.6. The molecule has 144 valence electrons. The first-order valence-electron chi connectivity index (χ1n) is 9.29. The third-order valence-electron chi connectivity index (χ3n) is 4.65. The van der Waals surface area contributed by atoms with Crippen LogP contribution in [0.3, 0.4) is 0 Å². The lowest BCUT2D eigenvalue weighted by molar-refractivity contribution is 0.195. The molecule has 1 heterocycles. The lowest BCUT2D eigenvalue weighted by atomic mass is 10.2. The second-order valence-electron chi connectivity index (χ2n) is 7.02. The van der Waals surface area contributed by atoms with Gasteiger partial charge in [0.15, 0.2) is 0 Å². The highest BCUT2D eigenvalue weighted by Crippen LogP contribution is 2.28. The molecule has 2 amide bonds. The van der Waals surface area contributed by atoms with Crippen molar-refractivity contribution in [3.05, 3.63) is 60.2 Å². The SMILES string of the molecule is CN(C)CCN(Cc1ccccc1)C(=O)N1CCCS(=O)c2ccccc21. The second-order valence-corrected chi connectivity index (χ2v) is 8.55. The summed E-state index contributed by atoms with van der Waals surface area (Å²) in [6, 6.07) is 17.6. The third kappa shape index (κ3) is 4.96. The van der Waals surface area contributed by atoms with E-state index in [1.54, 1.807) is 4.90 Å². The monoisotopic (exact) mass is 385 g/mol. The number of carbonyl (C=O) groups excluding carboxylic acids is 1. The Morgan fingerprint density at radius 2 is 1.74 bits per heavy atom. The smallest absolute Gasteiger partial charge is 0.319 e. The lowest BCUT2D eigenvalue weighted by Crippen LogP contribution is -2.45. The van der Waals surface area contributed by atoms with Crippen LogP contribution in [0, 0.1) is 0 Å². The minimum Gasteiger partial charge on any atom is -0.319 e. The molecule has 1 atom stereocenters. The van der Waals surface area contributed by atoms with E-state index in [0.717, 1.165) is 29.1 Å². The molecule has 1 aliphatic rings. The van der Waals surface area contributed by atoms with E-state index in [1.165, 1.54) is 0 Å². The summed E-state index contributed by atoms with van der Waals surface area (Å²) in [5.74, 6) is 0.594. The van der Waals surface area contributed by atoms with E-state index >= 15 is 0 Å². The molecule has 0 fully saturated rings. The summed E-state index contributed by atoms with van der Waals surface area (Å²) in [7, 11) is 2.97. The Hall–Kier alpha value is -2.18. The quantitative estimate of drug-likeness (QED) is 0.794. The topological polar surface area (TPSA) is 43.9 Å². The zero-order chi connectivity index (χ0) is 19.2. The first-order chi connectivity index (χ1) is 13.1. The highest BCUT2D eigenvalue weighted by molar-refractivity contribution is 7.85. The van der Waals surface area contributed by atoms with Crippen LogP contribution in [0.4, 0.5) is 10.5 Å². The molecule has 2 aromatic rings. The Morgan fingerprint density at radius 1 is 1.04 bits per heavy atom. The zero-order valence-corrected chi connectivity index (χ0v) is 16.8. The minimum absolute atomic E-state index is 0.0212. The van der Waals surface area contributed by atoms with E-state index in [1.807, 2.05) is 73.6 Å². The number of rotatable bonds is 5. The zero-order valence-electron chi connectivity index (χ0n) is 16.0. The van der Waals surface area contributed by atoms with Crippen LogP contribution in [0.1, 0.15) is 12.0 Å². The van der Waals surface area contributed by atoms with Gasteiger partial charge in [0, 0.05) is 31.9 Å². The van der Waals surface area contributed by atoms with Gasteiger partial charge >= 0.3 is 6.03 Å². The molecule has 1 aliphatic heterocycles. The van der Waals surface area contributed by atoms with Gasteiger partial charge in [-0.1, -0.05) is 42.5 Å². The van der Waals surface area contributed by atoms with Gasteiger partial charge < -0.3 is 9.80 Å². The van der Waals surface area contributed by atoms with Gasteiger partial charge in [0.2, 0.25) is 0 Å². The van der Waals surface area contributed by atoms with Crippen LogP contribution in [0.5, 0.6) is 0 Å². The van der Waals surface area contributed by atoms with Crippen LogP contribution in [-0.4, -0.2) is 59.5 Å². The van der Waals surface area contributed by atoms with Crippen LogP contribution < -0.4 is 4.90 Å². The maximum atomic E-state index is 13.5. The van der Waals surface area contributed by atoms with Crippen LogP contribution in [-0.2, 0) is 17.3 Å². The molecule has 0 bridgehead atoms. The number of amides is 2. The van der Waals surface area contributed by atoms with E-state index in [2.05, 4.69) is 4.90 Å². The van der Waals surface area contributed by atoms with Crippen molar-refractivity contribution < 1.29 is 9.00 Å². The lowest BCUT2D eigenvalue weighted by Gasteiger charge is -2.31. The normalized spacial score (nSPS) is 16.7. The Balaban J connectivity index is 1.88. The van der Waals surface area contributed by atoms with E-state index < -0.39 is 10.8 Å². The molecule has 0 spiro atoms. The second kappa shape index (κ2) is 9.15. The Kier molecular flexibility index (Phi) is 6.63. The number of carbonyl (C=O) groups is 1. The number of urea groups is 1. The number of benzene rings is 2. The number of fused-ring (bicyclic) bond motifs is 1. The molecule has 6 heteroatoms. The van der Waals surface area contributed by atoms with Gasteiger partial charge in [-0.05, 0) is 38.2 Å². The third-order valence-corrected chi connectivity index (χ3v) is 6.14. The minimum atomic E-state index is -1.05. The van der Waals surface area contributed by atoms with Crippen LogP contribution in [0.25, 0.3) is 0 Å². The van der Waals surface area contributed by atoms with Gasteiger partial charge in [-0.2, -0.15) is 0 Å². The maximum absolute atomic E-state index is 13.5. The highest BCUT2D eigenvalue weighted by atomic mass is 32.2. The van der Waals surface area contributed by atoms with Crippen molar-refractivity contribution >= 4 is 22.5 Å². The van der Waals surface area contributed by atoms with Crippen molar-refractivity contribution in [2.45, 2.75) is 17.9 Å². The van der Waals surface area contributed by atoms with Gasteiger partial charge in [-0.25, -0.2) is 4.79 Å². The number of para-hydroxylation sites is 1. The fourth-order valence-electron chi connectivity index (χ4n) is 3.19. The summed E-state index contributed by atoms with van der Waals surface area (Å²) < 4.78 is 12.5. The van der Waals surface area contributed by atoms with Gasteiger partial charge in [0.05, 0.1) is 21.4 Å². The van der Waals surface area contributed by atoms with Crippen LogP contribution >= 0.6 is 0 Å². The summed E-state index contributed by atoms with van der Waals surface area (Å²) in [6.45, 7) is 2.59. The number of nitrogens with zero attached hydrogens (tertiary/aromatic N) is 3. The number of anilines is 1. The fraction of sp³-hybridized carbons (Fsp3) is 0.381. The van der Waals surface area contributed by atoms with Gasteiger partial charge in [0.25, 0.3) is 0 Å². The van der Waals surface area contributed by atoms with Crippen molar-refractivity contribution in [1.82, 2.24) is 9.80 Å². The van der Waals surface area contributed by atoms with Crippen LogP contribution in [0.15, 0.2) is 59.5 Å². The predicted octanol–water partition coefficient (Wildman–Crippen LogP) is 3.19. The van der Waals surface area contributed by atoms with E-state index in [9.17, 15) is 9.00 Å². The number of hydrogen-bond donors (Lipinski definition) is 0. The van der Waals surface area contributed by atoms with Gasteiger partial charge in [0.1, 0.15) is 0 Å². The van der Waals surface area contributed by atoms with Gasteiger partial charge in [-0.3, -0.25) is 9.11 Å². The molecular weight excluding hydrogens is 358 g/mol. The molecule has 1 unspecified atom stereocenters. The maximum Gasteiger partial charge on any atom is 0.324 e. The van der Waals surface area contributed by atoms with Crippen molar-refractivity contribution in [3.63, 3.8) is 0 Å². The summed E-state index contributed by atoms with van der Waals surface area (Å²) in [5.41, 5.74) is 1.89. The molecule has 0 saturated heterocycles. The van der Waals surface area contributed by atoms with E-state index in [4.69, 9.17) is 0 Å². The van der Waals surface area contributed by atoms with Gasteiger partial charge in [-0.15, -0.1) is 0 Å². The largest absolute Gasteiger partial charge is 0.324 e. The van der Waals surface area contributed by atoms with E-state index in [-0.39, 0.29) is 6.03 Å². The molecule has 0 N–H and O–H groups in total. The standard InChI is InChI=1S/C21H27N3O2S/c1-22(2)14-15-23(17-18-9-4-3-5-10-18)21(25)24-13-8-16-27(26)20-12-7-6-11-19(20)24/h3-7,9-12H,8,13-17H2,1-2H3. The molecule has 5 nitrogen and oxygen atoms in total. The number of hydrogen-bond acceptors (Lipinski definition) is 3. The Bertz CT molecular complexity index is 795. The molecule has 0 aromatic heterocycles. The van der Waals surface area contributed by atoms with Crippen molar-refractivity contribution in [3.8, 4) is 0 Å². The first-order valence-corrected chi connectivity index (χ1v) is 10.6. The summed E-state index contributed by atoms with van der Waals surface area (Å²) in [4.78, 5) is 20.0. The highest BCUT2D eigenvalue weighted by Gasteiger charge is 2.27. The summed E-state index contributed by atoms with van der Waals surface area (Å²) in [5, 5.41) is 0. The molecule has 27 heavy (non-hydrogen) atoms. The summed E-state index contributed by atoms with van der Waals surface area (Å²) in [6.07, 6.45) is 0.736. The Morgan fingerprint density at radius 3 is 2.48 bits per heavy atom. The molecular formula is C21H27N3O2S. The van der Waals surface area contributed by atoms with Crippen molar-refractivity contribution in [1.29, 1.82) is 0 Å². The number of likely N-dealkylation sites (N-methyl/N-ethyl adjacent to an activating group) is 1. The van der Waals surface area contributed by atoms with Crippen LogP contribution in [0.2, 0.25) is 0 Å². The molecule has 2 aromatic carbocycles. The Labute approximate surface area is 164 Å². The molecule has 0 aliphatic carbocycles. The predicted molar refractivity (Wildman–Crippen MR) is 110 cm³/mol. The van der Waals surface area contributed by atoms with Crippen molar-refractivity contribution in [2.75, 3.05) is 44.4 Å². The van der Waals surface area contributed by atoms with E-state index in [0.29, 0.717) is 25.4 Å². The van der Waals surface area contributed by atoms with Crippen molar-refractivity contribution in [2.24, 2.45) is 0 Å². The molecule has 3 rings (SSSR count). The molecule has 0 saturated carbocycles. The average Bonchev–Trinajstić information content (AvgIpc) is 2.84. The molecule has 0 radical (unpaired) electrons.